The van der Waals surface area contributed by atoms with Crippen LogP contribution < -0.4 is 20.7 Å². The Morgan fingerprint density at radius 2 is 2.00 bits per heavy atom. The maximum absolute atomic E-state index is 12.5. The molecule has 1 N–H and O–H groups in total. The minimum absolute atomic E-state index is 0.0702. The summed E-state index contributed by atoms with van der Waals surface area (Å²) < 4.78 is 17.7. The molecule has 0 unspecified atom stereocenters. The van der Waals surface area contributed by atoms with Gasteiger partial charge in [0.1, 0.15) is 6.61 Å². The van der Waals surface area contributed by atoms with Crippen molar-refractivity contribution in [1.29, 1.82) is 0 Å². The maximum atomic E-state index is 12.5. The first-order chi connectivity index (χ1) is 15.1. The van der Waals surface area contributed by atoms with Gasteiger partial charge in [-0.2, -0.15) is 0 Å². The molecule has 2 heterocycles. The van der Waals surface area contributed by atoms with Crippen molar-refractivity contribution in [3.8, 4) is 11.5 Å². The highest BCUT2D eigenvalue weighted by Crippen LogP contribution is 2.35. The number of aromatic amines is 1. The molecule has 0 saturated heterocycles. The molecule has 0 radical (unpaired) electrons. The number of carbonyl (C=O) groups is 1. The number of ether oxygens (including phenoxy) is 3. The van der Waals surface area contributed by atoms with Gasteiger partial charge in [-0.1, -0.05) is 24.3 Å². The summed E-state index contributed by atoms with van der Waals surface area (Å²) in [5, 5.41) is 0.439. The zero-order chi connectivity index (χ0) is 21.8. The average Bonchev–Trinajstić information content (AvgIpc) is 2.78. The molecule has 4 rings (SSSR count). The monoisotopic (exact) mass is 422 g/mol. The molecule has 0 amide bonds. The van der Waals surface area contributed by atoms with E-state index >= 15 is 0 Å². The lowest BCUT2D eigenvalue weighted by atomic mass is 10.1. The highest BCUT2D eigenvalue weighted by Gasteiger charge is 2.21. The Hall–Kier alpha value is -3.81. The van der Waals surface area contributed by atoms with E-state index in [0.717, 1.165) is 10.1 Å². The van der Waals surface area contributed by atoms with Crippen LogP contribution in [-0.2, 0) is 16.1 Å². The number of aromatic nitrogens is 2. The molecular weight excluding hydrogens is 400 g/mol. The number of benzene rings is 2. The van der Waals surface area contributed by atoms with E-state index in [0.29, 0.717) is 41.0 Å². The molecule has 31 heavy (non-hydrogen) atoms. The van der Waals surface area contributed by atoms with Crippen LogP contribution >= 0.6 is 0 Å². The van der Waals surface area contributed by atoms with Gasteiger partial charge < -0.3 is 19.2 Å². The molecule has 0 fully saturated rings. The quantitative estimate of drug-likeness (QED) is 0.464. The topological polar surface area (TPSA) is 99.6 Å². The van der Waals surface area contributed by atoms with E-state index < -0.39 is 11.7 Å². The standard InChI is InChI=1S/C23H22N2O6/c1-2-29-19-10-5-7-15-13-16(14-31-20(15)19)22(27)30-12-6-11-25-21(26)17-8-3-4-9-18(17)24-23(25)28/h3-5,7-10,13H,2,6,11-12,14H2,1H3,(H,24,28). The van der Waals surface area contributed by atoms with Crippen molar-refractivity contribution < 1.29 is 19.0 Å². The molecule has 8 heteroatoms. The summed E-state index contributed by atoms with van der Waals surface area (Å²) in [6, 6.07) is 12.3. The van der Waals surface area contributed by atoms with Crippen molar-refractivity contribution in [2.45, 2.75) is 19.9 Å². The largest absolute Gasteiger partial charge is 0.490 e. The fourth-order valence-electron chi connectivity index (χ4n) is 3.45. The molecule has 8 nitrogen and oxygen atoms in total. The van der Waals surface area contributed by atoms with Gasteiger partial charge in [-0.05, 0) is 37.6 Å². The van der Waals surface area contributed by atoms with E-state index in [-0.39, 0.29) is 25.3 Å². The fourth-order valence-corrected chi connectivity index (χ4v) is 3.45. The summed E-state index contributed by atoms with van der Waals surface area (Å²) in [6.45, 7) is 2.70. The van der Waals surface area contributed by atoms with E-state index in [1.54, 1.807) is 30.3 Å². The van der Waals surface area contributed by atoms with Crippen LogP contribution in [0.15, 0.2) is 57.6 Å². The fraction of sp³-hybridized carbons (Fsp3) is 0.261. The molecule has 0 bridgehead atoms. The van der Waals surface area contributed by atoms with Crippen molar-refractivity contribution in [3.63, 3.8) is 0 Å². The highest BCUT2D eigenvalue weighted by molar-refractivity contribution is 5.95. The van der Waals surface area contributed by atoms with Crippen LogP contribution in [0, 0.1) is 0 Å². The van der Waals surface area contributed by atoms with Crippen LogP contribution in [0.5, 0.6) is 11.5 Å². The zero-order valence-electron chi connectivity index (χ0n) is 17.1. The second kappa shape index (κ2) is 8.91. The van der Waals surface area contributed by atoms with Crippen LogP contribution in [-0.4, -0.2) is 35.3 Å². The van der Waals surface area contributed by atoms with Crippen LogP contribution in [0.4, 0.5) is 0 Å². The first kappa shape index (κ1) is 20.5. The van der Waals surface area contributed by atoms with E-state index in [4.69, 9.17) is 14.2 Å². The third-order valence-corrected chi connectivity index (χ3v) is 4.92. The maximum Gasteiger partial charge on any atom is 0.337 e. The predicted octanol–water partition coefficient (Wildman–Crippen LogP) is 2.50. The minimum atomic E-state index is -0.493. The molecule has 1 aliphatic rings. The Kier molecular flexibility index (Phi) is 5.88. The second-order valence-corrected chi connectivity index (χ2v) is 6.99. The van der Waals surface area contributed by atoms with Crippen molar-refractivity contribution in [3.05, 3.63) is 74.4 Å². The molecular formula is C23H22N2O6. The number of para-hydroxylation sites is 2. The first-order valence-electron chi connectivity index (χ1n) is 10.1. The Morgan fingerprint density at radius 1 is 1.16 bits per heavy atom. The van der Waals surface area contributed by atoms with Gasteiger partial charge in [0, 0.05) is 12.1 Å². The summed E-state index contributed by atoms with van der Waals surface area (Å²) in [7, 11) is 0. The smallest absolute Gasteiger partial charge is 0.337 e. The second-order valence-electron chi connectivity index (χ2n) is 6.99. The lowest BCUT2D eigenvalue weighted by molar-refractivity contribution is -0.139. The number of nitrogens with zero attached hydrogens (tertiary/aromatic N) is 1. The molecule has 1 aromatic heterocycles. The number of H-pyrrole nitrogens is 1. The normalized spacial score (nSPS) is 12.6. The Morgan fingerprint density at radius 3 is 2.84 bits per heavy atom. The summed E-state index contributed by atoms with van der Waals surface area (Å²) in [5.74, 6) is 0.748. The molecule has 0 saturated carbocycles. The number of fused-ring (bicyclic) bond motifs is 2. The van der Waals surface area contributed by atoms with Gasteiger partial charge in [0.15, 0.2) is 11.5 Å². The number of nitrogens with one attached hydrogen (secondary N) is 1. The average molecular weight is 422 g/mol. The van der Waals surface area contributed by atoms with Crippen LogP contribution in [0.3, 0.4) is 0 Å². The van der Waals surface area contributed by atoms with Gasteiger partial charge in [0.25, 0.3) is 5.56 Å². The molecule has 160 valence electrons. The Labute approximate surface area is 177 Å². The number of hydrogen-bond donors (Lipinski definition) is 1. The summed E-state index contributed by atoms with van der Waals surface area (Å²) >= 11 is 0. The lowest BCUT2D eigenvalue weighted by Gasteiger charge is -2.19. The van der Waals surface area contributed by atoms with Gasteiger partial charge in [-0.15, -0.1) is 0 Å². The summed E-state index contributed by atoms with van der Waals surface area (Å²) in [5.41, 5.74) is 0.786. The van der Waals surface area contributed by atoms with Gasteiger partial charge in [0.05, 0.1) is 29.7 Å². The lowest BCUT2D eigenvalue weighted by Crippen LogP contribution is -2.35. The highest BCUT2D eigenvalue weighted by atomic mass is 16.5. The van der Waals surface area contributed by atoms with Gasteiger partial charge in [0.2, 0.25) is 0 Å². The van der Waals surface area contributed by atoms with Crippen molar-refractivity contribution >= 4 is 22.9 Å². The van der Waals surface area contributed by atoms with Crippen LogP contribution in [0.2, 0.25) is 0 Å². The molecule has 0 aliphatic carbocycles. The first-order valence-corrected chi connectivity index (χ1v) is 10.1. The van der Waals surface area contributed by atoms with Gasteiger partial charge in [-0.3, -0.25) is 9.36 Å². The van der Waals surface area contributed by atoms with Crippen molar-refractivity contribution in [2.75, 3.05) is 19.8 Å². The summed E-state index contributed by atoms with van der Waals surface area (Å²) in [6.07, 6.45) is 2.05. The number of hydrogen-bond acceptors (Lipinski definition) is 6. The Balaban J connectivity index is 1.38. The third kappa shape index (κ3) is 4.23. The Bertz CT molecular complexity index is 1270. The molecule has 2 aromatic carbocycles. The van der Waals surface area contributed by atoms with E-state index in [1.165, 1.54) is 0 Å². The zero-order valence-corrected chi connectivity index (χ0v) is 17.1. The van der Waals surface area contributed by atoms with Gasteiger partial charge >= 0.3 is 11.7 Å². The molecule has 1 aliphatic heterocycles. The van der Waals surface area contributed by atoms with Gasteiger partial charge in [-0.25, -0.2) is 9.59 Å². The predicted molar refractivity (Wildman–Crippen MR) is 115 cm³/mol. The SMILES string of the molecule is CCOc1cccc2c1OCC(C(=O)OCCCn1c(=O)[nH]c3ccccc3c1=O)=C2. The van der Waals surface area contributed by atoms with Crippen LogP contribution in [0.1, 0.15) is 18.9 Å². The van der Waals surface area contributed by atoms with Crippen molar-refractivity contribution in [2.24, 2.45) is 0 Å². The van der Waals surface area contributed by atoms with E-state index in [9.17, 15) is 14.4 Å². The van der Waals surface area contributed by atoms with E-state index in [1.807, 2.05) is 25.1 Å². The number of rotatable bonds is 7. The minimum Gasteiger partial charge on any atom is -0.490 e. The van der Waals surface area contributed by atoms with Crippen LogP contribution in [0.25, 0.3) is 17.0 Å². The molecule has 0 spiro atoms. The summed E-state index contributed by atoms with van der Waals surface area (Å²) in [4.78, 5) is 39.8. The third-order valence-electron chi connectivity index (χ3n) is 4.92. The number of esters is 1. The van der Waals surface area contributed by atoms with E-state index in [2.05, 4.69) is 4.98 Å². The van der Waals surface area contributed by atoms with Crippen molar-refractivity contribution in [1.82, 2.24) is 9.55 Å². The molecule has 3 aromatic rings. The number of carbonyl (C=O) groups excluding carboxylic acids is 1. The molecule has 0 atom stereocenters.